The number of ether oxygens (including phenoxy) is 2. The van der Waals surface area contributed by atoms with Crippen LogP contribution in [0.25, 0.3) is 0 Å². The third-order valence-electron chi connectivity index (χ3n) is 2.27. The molecule has 5 heteroatoms. The van der Waals surface area contributed by atoms with Crippen LogP contribution >= 0.6 is 0 Å². The van der Waals surface area contributed by atoms with Crippen molar-refractivity contribution < 1.29 is 19.4 Å². The topological polar surface area (TPSA) is 67.8 Å². The lowest BCUT2D eigenvalue weighted by Crippen LogP contribution is -2.34. The lowest BCUT2D eigenvalue weighted by molar-refractivity contribution is -0.126. The molecule has 0 atom stereocenters. The molecule has 1 aromatic carbocycles. The van der Waals surface area contributed by atoms with E-state index in [1.54, 1.807) is 24.3 Å². The zero-order valence-electron chi connectivity index (χ0n) is 9.97. The van der Waals surface area contributed by atoms with Gasteiger partial charge in [0.05, 0.1) is 13.0 Å². The number of amides is 1. The van der Waals surface area contributed by atoms with Gasteiger partial charge < -0.3 is 19.9 Å². The van der Waals surface area contributed by atoms with Crippen molar-refractivity contribution in [2.75, 3.05) is 20.8 Å². The van der Waals surface area contributed by atoms with Gasteiger partial charge in [-0.15, -0.1) is 0 Å². The Kier molecular flexibility index (Phi) is 5.45. The maximum atomic E-state index is 11.6. The number of hydrogen-bond acceptors (Lipinski definition) is 4. The van der Waals surface area contributed by atoms with Crippen molar-refractivity contribution in [1.82, 2.24) is 5.32 Å². The Morgan fingerprint density at radius 2 is 2.12 bits per heavy atom. The molecule has 0 aliphatic heterocycles. The summed E-state index contributed by atoms with van der Waals surface area (Å²) in [4.78, 5) is 11.6. The Morgan fingerprint density at radius 3 is 2.71 bits per heavy atom. The highest BCUT2D eigenvalue weighted by Crippen LogP contribution is 2.11. The predicted molar refractivity (Wildman–Crippen MR) is 62.6 cm³/mol. The summed E-state index contributed by atoms with van der Waals surface area (Å²) in [5.41, 5.74) is 0.758. The van der Waals surface area contributed by atoms with Crippen molar-refractivity contribution in [3.63, 3.8) is 0 Å². The maximum Gasteiger partial charge on any atom is 0.224 e. The van der Waals surface area contributed by atoms with E-state index in [1.165, 1.54) is 14.2 Å². The van der Waals surface area contributed by atoms with Gasteiger partial charge in [-0.2, -0.15) is 0 Å². The number of benzene rings is 1. The Balaban J connectivity index is 2.39. The van der Waals surface area contributed by atoms with Gasteiger partial charge in [-0.1, -0.05) is 12.1 Å². The fourth-order valence-electron chi connectivity index (χ4n) is 1.37. The van der Waals surface area contributed by atoms with Crippen LogP contribution in [0.5, 0.6) is 5.75 Å². The minimum absolute atomic E-state index is 0.144. The van der Waals surface area contributed by atoms with Gasteiger partial charge in [0.15, 0.2) is 6.29 Å². The molecule has 0 spiro atoms. The first-order chi connectivity index (χ1) is 8.15. The molecule has 0 aliphatic carbocycles. The number of hydrogen-bond donors (Lipinski definition) is 2. The number of phenolic OH excluding ortho intramolecular Hbond substituents is 1. The number of aromatic hydroxyl groups is 1. The molecule has 1 aromatic rings. The molecule has 94 valence electrons. The van der Waals surface area contributed by atoms with Crippen molar-refractivity contribution in [3.8, 4) is 5.75 Å². The van der Waals surface area contributed by atoms with Crippen LogP contribution < -0.4 is 5.32 Å². The lowest BCUT2D eigenvalue weighted by atomic mass is 10.1. The molecule has 2 N–H and O–H groups in total. The minimum atomic E-state index is -0.442. The summed E-state index contributed by atoms with van der Waals surface area (Å²) < 4.78 is 9.88. The summed E-state index contributed by atoms with van der Waals surface area (Å²) in [6.07, 6.45) is -0.225. The summed E-state index contributed by atoms with van der Waals surface area (Å²) in [5, 5.41) is 11.9. The minimum Gasteiger partial charge on any atom is -0.508 e. The molecule has 0 saturated heterocycles. The van der Waals surface area contributed by atoms with Gasteiger partial charge >= 0.3 is 0 Å². The summed E-state index contributed by atoms with van der Waals surface area (Å²) in [6, 6.07) is 6.60. The van der Waals surface area contributed by atoms with E-state index in [9.17, 15) is 9.90 Å². The molecular formula is C12H17NO4. The first-order valence-electron chi connectivity index (χ1n) is 5.26. The quantitative estimate of drug-likeness (QED) is 0.716. The Hall–Kier alpha value is -1.59. The summed E-state index contributed by atoms with van der Waals surface area (Å²) in [6.45, 7) is 0.296. The van der Waals surface area contributed by atoms with Crippen LogP contribution in [0, 0.1) is 0 Å². The summed E-state index contributed by atoms with van der Waals surface area (Å²) >= 11 is 0. The van der Waals surface area contributed by atoms with Crippen molar-refractivity contribution in [2.45, 2.75) is 12.7 Å². The second-order valence-corrected chi connectivity index (χ2v) is 3.55. The molecule has 0 fully saturated rings. The van der Waals surface area contributed by atoms with Crippen molar-refractivity contribution >= 4 is 5.91 Å². The lowest BCUT2D eigenvalue weighted by Gasteiger charge is -2.13. The van der Waals surface area contributed by atoms with Gasteiger partial charge in [0, 0.05) is 14.2 Å². The van der Waals surface area contributed by atoms with E-state index in [1.807, 2.05) is 0 Å². The highest BCUT2D eigenvalue weighted by molar-refractivity contribution is 5.78. The molecule has 5 nitrogen and oxygen atoms in total. The fourth-order valence-corrected chi connectivity index (χ4v) is 1.37. The third kappa shape index (κ3) is 4.84. The van der Waals surface area contributed by atoms with Crippen LogP contribution in [0.1, 0.15) is 5.56 Å². The zero-order valence-corrected chi connectivity index (χ0v) is 9.97. The van der Waals surface area contributed by atoms with Crippen molar-refractivity contribution in [3.05, 3.63) is 29.8 Å². The number of carbonyl (C=O) groups is 1. The van der Waals surface area contributed by atoms with Crippen molar-refractivity contribution in [2.24, 2.45) is 0 Å². The van der Waals surface area contributed by atoms with Gasteiger partial charge in [-0.05, 0) is 17.7 Å². The van der Waals surface area contributed by atoms with E-state index in [2.05, 4.69) is 5.32 Å². The van der Waals surface area contributed by atoms with Gasteiger partial charge in [0.2, 0.25) is 5.91 Å². The molecule has 1 rings (SSSR count). The molecule has 0 radical (unpaired) electrons. The first kappa shape index (κ1) is 13.5. The van der Waals surface area contributed by atoms with Crippen LogP contribution in [0.15, 0.2) is 24.3 Å². The second-order valence-electron chi connectivity index (χ2n) is 3.55. The molecule has 0 aromatic heterocycles. The van der Waals surface area contributed by atoms with Gasteiger partial charge in [0.1, 0.15) is 5.75 Å². The van der Waals surface area contributed by atoms with E-state index in [4.69, 9.17) is 9.47 Å². The molecule has 0 saturated carbocycles. The molecular weight excluding hydrogens is 222 g/mol. The number of carbonyl (C=O) groups excluding carboxylic acids is 1. The Bertz CT molecular complexity index is 363. The number of phenols is 1. The average molecular weight is 239 g/mol. The van der Waals surface area contributed by atoms with E-state index >= 15 is 0 Å². The van der Waals surface area contributed by atoms with Crippen LogP contribution in [-0.4, -0.2) is 38.1 Å². The Labute approximate surface area is 100 Å². The molecule has 17 heavy (non-hydrogen) atoms. The third-order valence-corrected chi connectivity index (χ3v) is 2.27. The smallest absolute Gasteiger partial charge is 0.224 e. The Morgan fingerprint density at radius 1 is 1.41 bits per heavy atom. The van der Waals surface area contributed by atoms with Crippen LogP contribution in [0.4, 0.5) is 0 Å². The van der Waals surface area contributed by atoms with Crippen molar-refractivity contribution in [1.29, 1.82) is 0 Å². The molecule has 0 unspecified atom stereocenters. The first-order valence-corrected chi connectivity index (χ1v) is 5.26. The van der Waals surface area contributed by atoms with Gasteiger partial charge in [-0.3, -0.25) is 4.79 Å². The fraction of sp³-hybridized carbons (Fsp3) is 0.417. The highest BCUT2D eigenvalue weighted by Gasteiger charge is 2.08. The average Bonchev–Trinajstić information content (AvgIpc) is 2.30. The number of methoxy groups -OCH3 is 2. The standard InChI is InChI=1S/C12H17NO4/c1-16-12(17-2)8-13-11(15)7-9-4-3-5-10(14)6-9/h3-6,12,14H,7-8H2,1-2H3,(H,13,15). The monoisotopic (exact) mass is 239 g/mol. The molecule has 0 aliphatic rings. The summed E-state index contributed by atoms with van der Waals surface area (Å²) in [5.74, 6) is 0.0108. The number of nitrogens with one attached hydrogen (secondary N) is 1. The van der Waals surface area contributed by atoms with Crippen LogP contribution in [0.2, 0.25) is 0 Å². The summed E-state index contributed by atoms with van der Waals surface area (Å²) in [7, 11) is 3.02. The molecule has 0 heterocycles. The highest BCUT2D eigenvalue weighted by atomic mass is 16.7. The normalized spacial score (nSPS) is 10.5. The van der Waals surface area contributed by atoms with E-state index in [0.29, 0.717) is 6.54 Å². The van der Waals surface area contributed by atoms with E-state index in [0.717, 1.165) is 5.56 Å². The van der Waals surface area contributed by atoms with Gasteiger partial charge in [-0.25, -0.2) is 0 Å². The van der Waals surface area contributed by atoms with Crippen LogP contribution in [-0.2, 0) is 20.7 Å². The van der Waals surface area contributed by atoms with E-state index in [-0.39, 0.29) is 18.1 Å². The van der Waals surface area contributed by atoms with Crippen LogP contribution in [0.3, 0.4) is 0 Å². The SMILES string of the molecule is COC(CNC(=O)Cc1cccc(O)c1)OC. The zero-order chi connectivity index (χ0) is 12.7. The van der Waals surface area contributed by atoms with Gasteiger partial charge in [0.25, 0.3) is 0 Å². The predicted octanol–water partition coefficient (Wildman–Crippen LogP) is 0.670. The van der Waals surface area contributed by atoms with E-state index < -0.39 is 6.29 Å². The number of rotatable bonds is 6. The second kappa shape index (κ2) is 6.88. The molecule has 1 amide bonds. The molecule has 0 bridgehead atoms. The largest absolute Gasteiger partial charge is 0.508 e. The maximum absolute atomic E-state index is 11.6.